The molecule has 0 aromatic heterocycles. The Morgan fingerprint density at radius 3 is 2.21 bits per heavy atom. The van der Waals surface area contributed by atoms with E-state index in [9.17, 15) is 4.79 Å². The van der Waals surface area contributed by atoms with Crippen LogP contribution < -0.4 is 5.32 Å². The zero-order valence-corrected chi connectivity index (χ0v) is 10.4. The smallest absolute Gasteiger partial charge is 0.324 e. The lowest BCUT2D eigenvalue weighted by Gasteiger charge is -2.28. The molecule has 14 heavy (non-hydrogen) atoms. The molecule has 0 aliphatic carbocycles. The first-order valence-electron chi connectivity index (χ1n) is 4.90. The molecule has 0 amide bonds. The lowest BCUT2D eigenvalue weighted by Crippen LogP contribution is -2.54. The van der Waals surface area contributed by atoms with E-state index in [4.69, 9.17) is 5.11 Å². The molecule has 0 heterocycles. The Bertz CT molecular complexity index is 195. The van der Waals surface area contributed by atoms with Crippen LogP contribution in [-0.4, -0.2) is 33.7 Å². The summed E-state index contributed by atoms with van der Waals surface area (Å²) in [7, 11) is 0. The van der Waals surface area contributed by atoms with Crippen molar-refractivity contribution in [3.05, 3.63) is 0 Å². The maximum absolute atomic E-state index is 11.1. The van der Waals surface area contributed by atoms with E-state index in [0.29, 0.717) is 11.0 Å². The van der Waals surface area contributed by atoms with E-state index in [1.807, 2.05) is 13.8 Å². The predicted octanol–water partition coefficient (Wildman–Crippen LogP) is 1.97. The molecule has 0 spiro atoms. The van der Waals surface area contributed by atoms with Crippen LogP contribution in [0, 0.1) is 0 Å². The van der Waals surface area contributed by atoms with E-state index >= 15 is 0 Å². The van der Waals surface area contributed by atoms with Crippen LogP contribution >= 0.6 is 11.8 Å². The van der Waals surface area contributed by atoms with Crippen molar-refractivity contribution < 1.29 is 9.90 Å². The summed E-state index contributed by atoms with van der Waals surface area (Å²) < 4.78 is 0. The molecule has 0 bridgehead atoms. The summed E-state index contributed by atoms with van der Waals surface area (Å²) in [6, 6.07) is 0.184. The zero-order chi connectivity index (χ0) is 11.4. The van der Waals surface area contributed by atoms with Crippen molar-refractivity contribution in [2.24, 2.45) is 0 Å². The molecule has 3 nitrogen and oxygen atoms in total. The lowest BCUT2D eigenvalue weighted by atomic mass is 10.1. The molecular weight excluding hydrogens is 198 g/mol. The number of hydrogen-bond acceptors (Lipinski definition) is 3. The largest absolute Gasteiger partial charge is 0.480 e. The summed E-state index contributed by atoms with van der Waals surface area (Å²) in [4.78, 5) is 11.1. The number of hydrogen-bond donors (Lipinski definition) is 2. The lowest BCUT2D eigenvalue weighted by molar-refractivity contribution is -0.143. The van der Waals surface area contributed by atoms with Gasteiger partial charge in [0, 0.05) is 11.8 Å². The van der Waals surface area contributed by atoms with Gasteiger partial charge in [-0.3, -0.25) is 10.1 Å². The van der Waals surface area contributed by atoms with Gasteiger partial charge in [-0.2, -0.15) is 11.8 Å². The summed E-state index contributed by atoms with van der Waals surface area (Å²) in [6.07, 6.45) is 0. The van der Waals surface area contributed by atoms with Gasteiger partial charge in [-0.05, 0) is 26.0 Å². The van der Waals surface area contributed by atoms with E-state index in [1.54, 1.807) is 18.7 Å². The fourth-order valence-corrected chi connectivity index (χ4v) is 2.01. The van der Waals surface area contributed by atoms with Crippen molar-refractivity contribution in [2.75, 3.05) is 5.75 Å². The minimum absolute atomic E-state index is 0.184. The Balaban J connectivity index is 4.32. The summed E-state index contributed by atoms with van der Waals surface area (Å²) in [5, 5.41) is 12.7. The van der Waals surface area contributed by atoms with Crippen molar-refractivity contribution >= 4 is 17.7 Å². The number of nitrogens with one attached hydrogen (secondary N) is 1. The first-order valence-corrected chi connectivity index (χ1v) is 5.95. The van der Waals surface area contributed by atoms with Crippen molar-refractivity contribution in [1.82, 2.24) is 5.32 Å². The van der Waals surface area contributed by atoms with Crippen LogP contribution in [0.3, 0.4) is 0 Å². The van der Waals surface area contributed by atoms with Crippen LogP contribution in [0.5, 0.6) is 0 Å². The molecule has 84 valence electrons. The number of aliphatic carboxylic acids is 1. The number of carbonyl (C=O) groups is 1. The van der Waals surface area contributed by atoms with Crippen LogP contribution in [0.25, 0.3) is 0 Å². The molecular formula is C10H21NO2S. The second kappa shape index (κ2) is 5.61. The minimum Gasteiger partial charge on any atom is -0.480 e. The highest BCUT2D eigenvalue weighted by Crippen LogP contribution is 2.18. The third kappa shape index (κ3) is 4.86. The third-order valence-electron chi connectivity index (χ3n) is 1.78. The standard InChI is InChI=1S/C10H21NO2S/c1-7(2)11-10(5,9(12)13)6-14-8(3)4/h7-8,11H,6H2,1-5H3,(H,12,13). The Kier molecular flexibility index (Phi) is 5.52. The van der Waals surface area contributed by atoms with E-state index < -0.39 is 11.5 Å². The van der Waals surface area contributed by atoms with E-state index in [0.717, 1.165) is 0 Å². The van der Waals surface area contributed by atoms with E-state index in [-0.39, 0.29) is 6.04 Å². The van der Waals surface area contributed by atoms with Gasteiger partial charge in [0.1, 0.15) is 5.54 Å². The van der Waals surface area contributed by atoms with Crippen LogP contribution in [0.4, 0.5) is 0 Å². The second-order valence-electron chi connectivity index (χ2n) is 4.30. The first kappa shape index (κ1) is 13.8. The first-order chi connectivity index (χ1) is 6.28. The number of rotatable bonds is 6. The quantitative estimate of drug-likeness (QED) is 0.717. The van der Waals surface area contributed by atoms with Crippen molar-refractivity contribution in [3.63, 3.8) is 0 Å². The minimum atomic E-state index is -0.816. The molecule has 0 aromatic rings. The average Bonchev–Trinajstić information content (AvgIpc) is 1.99. The number of thioether (sulfide) groups is 1. The molecule has 0 radical (unpaired) electrons. The third-order valence-corrected chi connectivity index (χ3v) is 3.20. The maximum Gasteiger partial charge on any atom is 0.324 e. The highest BCUT2D eigenvalue weighted by molar-refractivity contribution is 7.99. The fourth-order valence-electron chi connectivity index (χ4n) is 1.14. The van der Waals surface area contributed by atoms with Gasteiger partial charge in [-0.1, -0.05) is 13.8 Å². The summed E-state index contributed by atoms with van der Waals surface area (Å²) in [5.74, 6) is -0.183. The van der Waals surface area contributed by atoms with Crippen molar-refractivity contribution in [3.8, 4) is 0 Å². The maximum atomic E-state index is 11.1. The molecule has 1 unspecified atom stereocenters. The van der Waals surface area contributed by atoms with Gasteiger partial charge in [-0.25, -0.2) is 0 Å². The molecule has 4 heteroatoms. The summed E-state index contributed by atoms with van der Waals surface area (Å²) >= 11 is 1.67. The van der Waals surface area contributed by atoms with Crippen LogP contribution in [0.1, 0.15) is 34.6 Å². The topological polar surface area (TPSA) is 49.3 Å². The van der Waals surface area contributed by atoms with Gasteiger partial charge < -0.3 is 5.11 Å². The van der Waals surface area contributed by atoms with Gasteiger partial charge in [0.05, 0.1) is 0 Å². The highest BCUT2D eigenvalue weighted by atomic mass is 32.2. The van der Waals surface area contributed by atoms with E-state index in [2.05, 4.69) is 19.2 Å². The Morgan fingerprint density at radius 1 is 1.43 bits per heavy atom. The summed E-state index contributed by atoms with van der Waals surface area (Å²) in [5.41, 5.74) is -0.816. The average molecular weight is 219 g/mol. The predicted molar refractivity (Wildman–Crippen MR) is 61.9 cm³/mol. The summed E-state index contributed by atoms with van der Waals surface area (Å²) in [6.45, 7) is 9.80. The number of carboxylic acid groups (broad SMARTS) is 1. The number of carboxylic acids is 1. The molecule has 0 aliphatic rings. The monoisotopic (exact) mass is 219 g/mol. The highest BCUT2D eigenvalue weighted by Gasteiger charge is 2.33. The van der Waals surface area contributed by atoms with Crippen LogP contribution in [0.15, 0.2) is 0 Å². The molecule has 0 aromatic carbocycles. The molecule has 0 saturated heterocycles. The zero-order valence-electron chi connectivity index (χ0n) is 9.63. The van der Waals surface area contributed by atoms with Gasteiger partial charge in [-0.15, -0.1) is 0 Å². The molecule has 0 fully saturated rings. The molecule has 1 atom stereocenters. The van der Waals surface area contributed by atoms with Crippen LogP contribution in [0.2, 0.25) is 0 Å². The molecule has 0 aliphatic heterocycles. The Labute approximate surface area is 90.7 Å². The van der Waals surface area contributed by atoms with Gasteiger partial charge >= 0.3 is 5.97 Å². The Hall–Kier alpha value is -0.220. The normalized spacial score (nSPS) is 15.9. The second-order valence-corrected chi connectivity index (χ2v) is 5.86. The van der Waals surface area contributed by atoms with Gasteiger partial charge in [0.2, 0.25) is 0 Å². The fraction of sp³-hybridized carbons (Fsp3) is 0.900. The van der Waals surface area contributed by atoms with E-state index in [1.165, 1.54) is 0 Å². The molecule has 0 rings (SSSR count). The van der Waals surface area contributed by atoms with Crippen molar-refractivity contribution in [2.45, 2.75) is 51.4 Å². The van der Waals surface area contributed by atoms with Crippen LogP contribution in [-0.2, 0) is 4.79 Å². The molecule has 0 saturated carbocycles. The van der Waals surface area contributed by atoms with Crippen molar-refractivity contribution in [1.29, 1.82) is 0 Å². The SMILES string of the molecule is CC(C)NC(C)(CSC(C)C)C(=O)O. The molecule has 2 N–H and O–H groups in total. The van der Waals surface area contributed by atoms with Gasteiger partial charge in [0.25, 0.3) is 0 Å². The van der Waals surface area contributed by atoms with Gasteiger partial charge in [0.15, 0.2) is 0 Å². The Morgan fingerprint density at radius 2 is 1.93 bits per heavy atom.